The van der Waals surface area contributed by atoms with Crippen molar-refractivity contribution in [3.63, 3.8) is 0 Å². The van der Waals surface area contributed by atoms with E-state index in [0.29, 0.717) is 91.8 Å². The van der Waals surface area contributed by atoms with Crippen LogP contribution in [-0.2, 0) is 14.8 Å². The molecule has 0 spiro atoms. The molecular weight excluding hydrogens is 581 g/mol. The molecule has 3 aromatic rings. The number of halogens is 2. The molecule has 2 fully saturated rings. The normalized spacial score (nSPS) is 17.2. The number of H-pyrrole nitrogens is 1. The molecule has 6 rings (SSSR count). The van der Waals surface area contributed by atoms with Crippen LogP contribution in [0.1, 0.15) is 15.9 Å². The van der Waals surface area contributed by atoms with Crippen LogP contribution in [0.15, 0.2) is 47.4 Å². The van der Waals surface area contributed by atoms with Crippen LogP contribution in [0.5, 0.6) is 0 Å². The second-order valence-corrected chi connectivity index (χ2v) is 11.2. The molecule has 3 heterocycles. The monoisotopic (exact) mass is 609 g/mol. The van der Waals surface area contributed by atoms with Gasteiger partial charge < -0.3 is 15.4 Å². The van der Waals surface area contributed by atoms with E-state index in [4.69, 9.17) is 4.74 Å². The van der Waals surface area contributed by atoms with Gasteiger partial charge in [-0.2, -0.15) is 9.40 Å². The number of nitrogens with one attached hydrogen (secondary N) is 4. The third-order valence-corrected chi connectivity index (χ3v) is 8.83. The van der Waals surface area contributed by atoms with E-state index in [1.165, 1.54) is 4.31 Å². The summed E-state index contributed by atoms with van der Waals surface area (Å²) in [5.41, 5.74) is 6.20. The highest BCUT2D eigenvalue weighted by atomic mass is 35.5. The van der Waals surface area contributed by atoms with Gasteiger partial charge in [-0.15, -0.1) is 24.8 Å². The summed E-state index contributed by atoms with van der Waals surface area (Å²) < 4.78 is 32.8. The predicted octanol–water partition coefficient (Wildman–Crippen LogP) is 2.09. The number of hydrogen-bond donors (Lipinski definition) is 4. The number of ether oxygens (including phenoxy) is 1. The Hall–Kier alpha value is -3.04. The van der Waals surface area contributed by atoms with Crippen LogP contribution in [-0.4, -0.2) is 92.2 Å². The van der Waals surface area contributed by atoms with Crippen molar-refractivity contribution in [1.29, 1.82) is 0 Å². The summed E-state index contributed by atoms with van der Waals surface area (Å²) in [4.78, 5) is 26.4. The van der Waals surface area contributed by atoms with Gasteiger partial charge in [-0.1, -0.05) is 24.3 Å². The summed E-state index contributed by atoms with van der Waals surface area (Å²) in [6, 6.07) is 11.2. The molecule has 2 amide bonds. The van der Waals surface area contributed by atoms with Crippen molar-refractivity contribution in [3.05, 3.63) is 53.6 Å². The molecule has 0 bridgehead atoms. The van der Waals surface area contributed by atoms with E-state index >= 15 is 0 Å². The lowest BCUT2D eigenvalue weighted by Gasteiger charge is -2.27. The number of carbonyl (C=O) groups excluding carboxylic acids is 2. The molecule has 1 aliphatic carbocycles. The fourth-order valence-electron chi connectivity index (χ4n) is 4.99. The van der Waals surface area contributed by atoms with Gasteiger partial charge in [0.2, 0.25) is 10.0 Å². The quantitative estimate of drug-likeness (QED) is 0.269. The SMILES string of the molecule is Cl.Cl.O=C(Nc1cccc2c1C(=O)c1c(-c3ccc(S(=O)(=O)N4CCNCC4)cc3)n[nH]c1-2)NN1CCOCC1. The lowest BCUT2D eigenvalue weighted by Crippen LogP contribution is -2.49. The Balaban J connectivity index is 0.00000185. The van der Waals surface area contributed by atoms with Crippen molar-refractivity contribution in [2.75, 3.05) is 57.8 Å². The van der Waals surface area contributed by atoms with Gasteiger partial charge in [0.15, 0.2) is 5.78 Å². The lowest BCUT2D eigenvalue weighted by atomic mass is 10.0. The summed E-state index contributed by atoms with van der Waals surface area (Å²) in [6.07, 6.45) is 0. The number of ketones is 1. The van der Waals surface area contributed by atoms with Crippen molar-refractivity contribution < 1.29 is 22.7 Å². The van der Waals surface area contributed by atoms with E-state index in [0.717, 1.165) is 0 Å². The number of rotatable bonds is 5. The number of aromatic amines is 1. The number of nitrogens with zero attached hydrogens (tertiary/aromatic N) is 3. The first-order chi connectivity index (χ1) is 18.4. The topological polar surface area (TPSA) is 149 Å². The van der Waals surface area contributed by atoms with Crippen LogP contribution < -0.4 is 16.1 Å². The van der Waals surface area contributed by atoms with Crippen LogP contribution in [0.3, 0.4) is 0 Å². The number of carbonyl (C=O) groups is 2. The van der Waals surface area contributed by atoms with Gasteiger partial charge in [-0.3, -0.25) is 15.3 Å². The number of benzene rings is 2. The van der Waals surface area contributed by atoms with Crippen molar-refractivity contribution in [3.8, 4) is 22.5 Å². The maximum Gasteiger partial charge on any atom is 0.333 e. The Kier molecular flexibility index (Phi) is 9.15. The van der Waals surface area contributed by atoms with Crippen molar-refractivity contribution in [1.82, 2.24) is 30.3 Å². The Morgan fingerprint density at radius 3 is 2.35 bits per heavy atom. The Morgan fingerprint density at radius 2 is 1.65 bits per heavy atom. The summed E-state index contributed by atoms with van der Waals surface area (Å²) in [7, 11) is -3.60. The van der Waals surface area contributed by atoms with Crippen molar-refractivity contribution in [2.24, 2.45) is 0 Å². The van der Waals surface area contributed by atoms with Crippen molar-refractivity contribution in [2.45, 2.75) is 4.90 Å². The molecule has 4 N–H and O–H groups in total. The van der Waals surface area contributed by atoms with E-state index in [-0.39, 0.29) is 35.5 Å². The fourth-order valence-corrected chi connectivity index (χ4v) is 6.43. The molecule has 214 valence electrons. The zero-order valence-corrected chi connectivity index (χ0v) is 23.8. The largest absolute Gasteiger partial charge is 0.379 e. The first-order valence-corrected chi connectivity index (χ1v) is 13.9. The van der Waals surface area contributed by atoms with E-state index in [1.54, 1.807) is 47.5 Å². The van der Waals surface area contributed by atoms with Crippen LogP contribution >= 0.6 is 24.8 Å². The summed E-state index contributed by atoms with van der Waals surface area (Å²) in [5, 5.41) is 15.0. The molecule has 2 aromatic carbocycles. The molecule has 0 unspecified atom stereocenters. The second kappa shape index (κ2) is 12.2. The second-order valence-electron chi connectivity index (χ2n) is 9.22. The molecule has 12 nitrogen and oxygen atoms in total. The van der Waals surface area contributed by atoms with E-state index in [1.807, 2.05) is 0 Å². The van der Waals surface area contributed by atoms with E-state index < -0.39 is 16.1 Å². The highest BCUT2D eigenvalue weighted by Gasteiger charge is 2.35. The minimum atomic E-state index is -3.60. The number of fused-ring (bicyclic) bond motifs is 3. The molecule has 1 aromatic heterocycles. The smallest absolute Gasteiger partial charge is 0.333 e. The Morgan fingerprint density at radius 1 is 0.950 bits per heavy atom. The van der Waals surface area contributed by atoms with Gasteiger partial charge in [-0.05, 0) is 18.2 Å². The number of hydrogen-bond acceptors (Lipinski definition) is 8. The number of urea groups is 1. The molecule has 0 saturated carbocycles. The molecule has 2 aliphatic heterocycles. The van der Waals surface area contributed by atoms with Crippen LogP contribution in [0.25, 0.3) is 22.5 Å². The van der Waals surface area contributed by atoms with Crippen LogP contribution in [0.4, 0.5) is 10.5 Å². The Labute approximate surface area is 243 Å². The van der Waals surface area contributed by atoms with Gasteiger partial charge in [0.1, 0.15) is 5.69 Å². The number of morpholine rings is 1. The number of hydrazine groups is 1. The molecule has 2 saturated heterocycles. The molecular formula is C25H29Cl2N7O5S. The highest BCUT2D eigenvalue weighted by Crippen LogP contribution is 2.43. The van der Waals surface area contributed by atoms with Crippen LogP contribution in [0, 0.1) is 0 Å². The maximum atomic E-state index is 13.6. The molecule has 15 heteroatoms. The summed E-state index contributed by atoms with van der Waals surface area (Å²) in [5.74, 6) is -0.265. The molecule has 0 atom stereocenters. The van der Waals surface area contributed by atoms with Gasteiger partial charge in [0.25, 0.3) is 0 Å². The number of aromatic nitrogens is 2. The first kappa shape index (κ1) is 29.9. The number of anilines is 1. The fraction of sp³-hybridized carbons (Fsp3) is 0.320. The summed E-state index contributed by atoms with van der Waals surface area (Å²) >= 11 is 0. The third kappa shape index (κ3) is 5.46. The molecule has 3 aliphatic rings. The maximum absolute atomic E-state index is 13.6. The minimum absolute atomic E-state index is 0. The average Bonchev–Trinajstić information content (AvgIpc) is 3.50. The van der Waals surface area contributed by atoms with Crippen LogP contribution in [0.2, 0.25) is 0 Å². The third-order valence-electron chi connectivity index (χ3n) is 6.91. The van der Waals surface area contributed by atoms with Gasteiger partial charge in [0, 0.05) is 50.4 Å². The average molecular weight is 611 g/mol. The van der Waals surface area contributed by atoms with E-state index in [2.05, 4.69) is 26.3 Å². The number of sulfonamides is 1. The van der Waals surface area contributed by atoms with Gasteiger partial charge >= 0.3 is 6.03 Å². The zero-order chi connectivity index (χ0) is 26.3. The number of amides is 2. The number of piperazine rings is 1. The molecule has 40 heavy (non-hydrogen) atoms. The standard InChI is InChI=1S/C25H27N7O5S.2ClH/c33-24-20-18(2-1-3-19(20)27-25(34)30-31-12-14-37-15-13-31)23-21(24)22(28-29-23)16-4-6-17(7-5-16)38(35,36)32-10-8-26-9-11-32;;/h1-7,26H,8-15H2,(H,28,29)(H2,27,30,34);2*1H. The Bertz CT molecular complexity index is 1500. The van der Waals surface area contributed by atoms with E-state index in [9.17, 15) is 18.0 Å². The van der Waals surface area contributed by atoms with Gasteiger partial charge in [-0.25, -0.2) is 18.2 Å². The highest BCUT2D eigenvalue weighted by molar-refractivity contribution is 7.89. The zero-order valence-electron chi connectivity index (χ0n) is 21.3. The predicted molar refractivity (Wildman–Crippen MR) is 154 cm³/mol. The van der Waals surface area contributed by atoms with Gasteiger partial charge in [0.05, 0.1) is 40.6 Å². The summed E-state index contributed by atoms with van der Waals surface area (Å²) in [6.45, 7) is 4.30. The first-order valence-electron chi connectivity index (χ1n) is 12.4. The molecule has 0 radical (unpaired) electrons. The minimum Gasteiger partial charge on any atom is -0.379 e. The lowest BCUT2D eigenvalue weighted by molar-refractivity contribution is 0.0207. The van der Waals surface area contributed by atoms with Crippen molar-refractivity contribution >= 4 is 52.3 Å².